The maximum absolute atomic E-state index is 11.1. The molecule has 0 aliphatic heterocycles. The van der Waals surface area contributed by atoms with Gasteiger partial charge < -0.3 is 16.5 Å². The second-order valence-electron chi connectivity index (χ2n) is 3.12. The lowest BCUT2D eigenvalue weighted by molar-refractivity contribution is 0.100. The summed E-state index contributed by atoms with van der Waals surface area (Å²) in [5.74, 6) is -0.0296. The van der Waals surface area contributed by atoms with Crippen LogP contribution < -0.4 is 11.5 Å². The minimum absolute atomic E-state index is 0.440. The molecule has 2 aromatic heterocycles. The topological polar surface area (TPSA) is 97.8 Å². The molecular weight excluding hydrogens is 192 g/mol. The van der Waals surface area contributed by atoms with E-state index in [9.17, 15) is 4.79 Å². The standard InChI is InChI=1S/C10H10N4O/c11-9-2-1-6(3-14-9)7-4-13-5-8(7)10(12)15/h1-5,13H,(H2,11,14)(H2,12,15). The zero-order chi connectivity index (χ0) is 10.8. The van der Waals surface area contributed by atoms with Gasteiger partial charge in [-0.1, -0.05) is 0 Å². The number of carbonyl (C=O) groups is 1. The van der Waals surface area contributed by atoms with E-state index in [1.807, 2.05) is 0 Å². The van der Waals surface area contributed by atoms with Gasteiger partial charge in [0.2, 0.25) is 0 Å². The molecule has 0 atom stereocenters. The van der Waals surface area contributed by atoms with E-state index in [1.165, 1.54) is 0 Å². The van der Waals surface area contributed by atoms with Crippen molar-refractivity contribution in [3.8, 4) is 11.1 Å². The van der Waals surface area contributed by atoms with Crippen molar-refractivity contribution >= 4 is 11.7 Å². The van der Waals surface area contributed by atoms with Gasteiger partial charge in [0, 0.05) is 29.7 Å². The van der Waals surface area contributed by atoms with Crippen molar-refractivity contribution in [2.75, 3.05) is 5.73 Å². The van der Waals surface area contributed by atoms with Gasteiger partial charge in [0.1, 0.15) is 5.82 Å². The number of hydrogen-bond acceptors (Lipinski definition) is 3. The van der Waals surface area contributed by atoms with E-state index in [0.29, 0.717) is 11.4 Å². The molecule has 2 rings (SSSR count). The number of hydrogen-bond donors (Lipinski definition) is 3. The fourth-order valence-corrected chi connectivity index (χ4v) is 1.37. The number of nitrogens with one attached hydrogen (secondary N) is 1. The zero-order valence-corrected chi connectivity index (χ0v) is 7.90. The number of nitrogen functional groups attached to an aromatic ring is 1. The molecule has 0 saturated heterocycles. The highest BCUT2D eigenvalue weighted by molar-refractivity contribution is 5.99. The van der Waals surface area contributed by atoms with Gasteiger partial charge in [-0.2, -0.15) is 0 Å². The normalized spacial score (nSPS) is 10.1. The van der Waals surface area contributed by atoms with Gasteiger partial charge in [-0.3, -0.25) is 4.79 Å². The van der Waals surface area contributed by atoms with Crippen LogP contribution in [0.2, 0.25) is 0 Å². The lowest BCUT2D eigenvalue weighted by Crippen LogP contribution is -2.10. The summed E-state index contributed by atoms with van der Waals surface area (Å²) in [5.41, 5.74) is 12.7. The zero-order valence-electron chi connectivity index (χ0n) is 7.90. The Morgan fingerprint density at radius 1 is 1.33 bits per heavy atom. The quantitative estimate of drug-likeness (QED) is 0.670. The Balaban J connectivity index is 2.49. The molecule has 2 heterocycles. The van der Waals surface area contributed by atoms with Crippen molar-refractivity contribution in [2.45, 2.75) is 0 Å². The number of carbonyl (C=O) groups excluding carboxylic acids is 1. The summed E-state index contributed by atoms with van der Waals surface area (Å²) in [7, 11) is 0. The molecule has 76 valence electrons. The molecule has 5 N–H and O–H groups in total. The van der Waals surface area contributed by atoms with E-state index >= 15 is 0 Å². The van der Waals surface area contributed by atoms with E-state index in [2.05, 4.69) is 9.97 Å². The molecule has 0 radical (unpaired) electrons. The summed E-state index contributed by atoms with van der Waals surface area (Å²) in [6.45, 7) is 0. The fourth-order valence-electron chi connectivity index (χ4n) is 1.37. The fraction of sp³-hybridized carbons (Fsp3) is 0. The van der Waals surface area contributed by atoms with Crippen LogP contribution in [0.1, 0.15) is 10.4 Å². The van der Waals surface area contributed by atoms with E-state index in [-0.39, 0.29) is 0 Å². The second kappa shape index (κ2) is 3.45. The first-order valence-electron chi connectivity index (χ1n) is 4.37. The van der Waals surface area contributed by atoms with Crippen molar-refractivity contribution in [1.29, 1.82) is 0 Å². The molecular formula is C10H10N4O. The van der Waals surface area contributed by atoms with E-state index in [1.54, 1.807) is 30.7 Å². The molecule has 0 spiro atoms. The van der Waals surface area contributed by atoms with Crippen molar-refractivity contribution in [3.63, 3.8) is 0 Å². The highest BCUT2D eigenvalue weighted by atomic mass is 16.1. The monoisotopic (exact) mass is 202 g/mol. The number of rotatable bonds is 2. The van der Waals surface area contributed by atoms with Crippen molar-refractivity contribution < 1.29 is 4.79 Å². The van der Waals surface area contributed by atoms with Gasteiger partial charge >= 0.3 is 0 Å². The lowest BCUT2D eigenvalue weighted by atomic mass is 10.1. The molecule has 0 fully saturated rings. The van der Waals surface area contributed by atoms with E-state index < -0.39 is 5.91 Å². The van der Waals surface area contributed by atoms with Gasteiger partial charge in [0.25, 0.3) is 5.91 Å². The third-order valence-electron chi connectivity index (χ3n) is 2.11. The van der Waals surface area contributed by atoms with Crippen molar-refractivity contribution in [2.24, 2.45) is 5.73 Å². The average molecular weight is 202 g/mol. The predicted molar refractivity (Wildman–Crippen MR) is 57.0 cm³/mol. The largest absolute Gasteiger partial charge is 0.384 e. The number of H-pyrrole nitrogens is 1. The number of primary amides is 1. The number of aromatic nitrogens is 2. The van der Waals surface area contributed by atoms with Crippen LogP contribution in [0, 0.1) is 0 Å². The first-order chi connectivity index (χ1) is 7.18. The van der Waals surface area contributed by atoms with Gasteiger partial charge in [-0.25, -0.2) is 4.98 Å². The Labute approximate surface area is 86.1 Å². The van der Waals surface area contributed by atoms with Gasteiger partial charge in [-0.15, -0.1) is 0 Å². The molecule has 2 aromatic rings. The summed E-state index contributed by atoms with van der Waals surface area (Å²) in [4.78, 5) is 17.9. The summed E-state index contributed by atoms with van der Waals surface area (Å²) in [5, 5.41) is 0. The van der Waals surface area contributed by atoms with Gasteiger partial charge in [-0.05, 0) is 12.1 Å². The van der Waals surface area contributed by atoms with Crippen molar-refractivity contribution in [1.82, 2.24) is 9.97 Å². The van der Waals surface area contributed by atoms with Gasteiger partial charge in [0.05, 0.1) is 5.56 Å². The highest BCUT2D eigenvalue weighted by Crippen LogP contribution is 2.22. The molecule has 5 nitrogen and oxygen atoms in total. The first-order valence-corrected chi connectivity index (χ1v) is 4.37. The molecule has 0 aliphatic carbocycles. The number of nitrogens with zero attached hydrogens (tertiary/aromatic N) is 1. The molecule has 0 aromatic carbocycles. The molecule has 0 aliphatic rings. The Hall–Kier alpha value is -2.30. The van der Waals surface area contributed by atoms with Gasteiger partial charge in [0.15, 0.2) is 0 Å². The minimum Gasteiger partial charge on any atom is -0.384 e. The Kier molecular flexibility index (Phi) is 2.13. The van der Waals surface area contributed by atoms with Crippen LogP contribution in [-0.2, 0) is 0 Å². The highest BCUT2D eigenvalue weighted by Gasteiger charge is 2.10. The Bertz CT molecular complexity index is 486. The molecule has 0 saturated carbocycles. The molecule has 15 heavy (non-hydrogen) atoms. The summed E-state index contributed by atoms with van der Waals surface area (Å²) in [6.07, 6.45) is 4.87. The maximum Gasteiger partial charge on any atom is 0.250 e. The molecule has 5 heteroatoms. The lowest BCUT2D eigenvalue weighted by Gasteiger charge is -2.00. The van der Waals surface area contributed by atoms with Crippen LogP contribution in [0.5, 0.6) is 0 Å². The van der Waals surface area contributed by atoms with Crippen LogP contribution in [-0.4, -0.2) is 15.9 Å². The van der Waals surface area contributed by atoms with Crippen LogP contribution in [0.15, 0.2) is 30.7 Å². The smallest absolute Gasteiger partial charge is 0.250 e. The summed E-state index contributed by atoms with van der Waals surface area (Å²) >= 11 is 0. The van der Waals surface area contributed by atoms with Crippen LogP contribution >= 0.6 is 0 Å². The van der Waals surface area contributed by atoms with E-state index in [4.69, 9.17) is 11.5 Å². The molecule has 0 bridgehead atoms. The molecule has 0 unspecified atom stereocenters. The minimum atomic E-state index is -0.469. The SMILES string of the molecule is NC(=O)c1c[nH]cc1-c1ccc(N)nc1. The van der Waals surface area contributed by atoms with Crippen molar-refractivity contribution in [3.05, 3.63) is 36.3 Å². The Morgan fingerprint density at radius 3 is 2.73 bits per heavy atom. The third-order valence-corrected chi connectivity index (χ3v) is 2.11. The van der Waals surface area contributed by atoms with Crippen LogP contribution in [0.4, 0.5) is 5.82 Å². The third kappa shape index (κ3) is 1.67. The first kappa shape index (κ1) is 9.26. The predicted octanol–water partition coefficient (Wildman–Crippen LogP) is 0.758. The number of aromatic amines is 1. The number of amides is 1. The molecule has 1 amide bonds. The maximum atomic E-state index is 11.1. The summed E-state index contributed by atoms with van der Waals surface area (Å²) < 4.78 is 0. The van der Waals surface area contributed by atoms with E-state index in [0.717, 1.165) is 11.1 Å². The average Bonchev–Trinajstić information content (AvgIpc) is 2.67. The van der Waals surface area contributed by atoms with Crippen LogP contribution in [0.3, 0.4) is 0 Å². The summed E-state index contributed by atoms with van der Waals surface area (Å²) in [6, 6.07) is 3.46. The number of pyridine rings is 1. The second-order valence-corrected chi connectivity index (χ2v) is 3.12. The number of anilines is 1. The van der Waals surface area contributed by atoms with Crippen LogP contribution in [0.25, 0.3) is 11.1 Å². The number of nitrogens with two attached hydrogens (primary N) is 2. The Morgan fingerprint density at radius 2 is 2.13 bits per heavy atom.